The van der Waals surface area contributed by atoms with E-state index in [2.05, 4.69) is 9.97 Å². The lowest BCUT2D eigenvalue weighted by molar-refractivity contribution is -0.0413. The van der Waals surface area contributed by atoms with Crippen LogP contribution in [0.5, 0.6) is 0 Å². The molecule has 280 valence electrons. The summed E-state index contributed by atoms with van der Waals surface area (Å²) in [5, 5.41) is 35.7. The van der Waals surface area contributed by atoms with Crippen molar-refractivity contribution in [2.45, 2.75) is 128 Å². The van der Waals surface area contributed by atoms with Gasteiger partial charge in [0.25, 0.3) is 0 Å². The molecule has 4 aromatic rings. The molecule has 1 amide bonds. The highest BCUT2D eigenvalue weighted by Crippen LogP contribution is 2.39. The zero-order valence-corrected chi connectivity index (χ0v) is 30.2. The molecule has 2 aromatic heterocycles. The number of amides is 1. The maximum atomic E-state index is 13.6. The molecule has 2 aromatic carbocycles. The molecule has 2 fully saturated rings. The second kappa shape index (κ2) is 19.2. The van der Waals surface area contributed by atoms with Crippen molar-refractivity contribution in [1.29, 1.82) is 0 Å². The molecule has 11 heteroatoms. The van der Waals surface area contributed by atoms with Crippen molar-refractivity contribution >= 4 is 6.09 Å². The number of benzene rings is 2. The van der Waals surface area contributed by atoms with Crippen LogP contribution in [-0.4, -0.2) is 57.5 Å². The number of aromatic nitrogens is 4. The predicted octanol–water partition coefficient (Wildman–Crippen LogP) is 7.85. The van der Waals surface area contributed by atoms with Crippen molar-refractivity contribution in [2.24, 2.45) is 11.8 Å². The molecule has 11 nitrogen and oxygen atoms in total. The van der Waals surface area contributed by atoms with Crippen LogP contribution in [0.1, 0.15) is 112 Å². The zero-order chi connectivity index (χ0) is 36.1. The fourth-order valence-corrected chi connectivity index (χ4v) is 8.26. The van der Waals surface area contributed by atoms with Gasteiger partial charge in [0.1, 0.15) is 37.3 Å². The lowest BCUT2D eigenvalue weighted by Crippen LogP contribution is -2.53. The van der Waals surface area contributed by atoms with E-state index in [0.29, 0.717) is 37.7 Å². The number of aliphatic hydroxyl groups is 2. The number of ether oxygens (including phenoxy) is 2. The Bertz CT molecular complexity index is 1500. The summed E-state index contributed by atoms with van der Waals surface area (Å²) < 4.78 is 15.6. The van der Waals surface area contributed by atoms with Crippen LogP contribution in [0.15, 0.2) is 85.5 Å². The first-order valence-electron chi connectivity index (χ1n) is 19.1. The molecule has 2 saturated carbocycles. The van der Waals surface area contributed by atoms with Crippen molar-refractivity contribution in [1.82, 2.24) is 24.0 Å². The number of nitrogens with zero attached hydrogens (tertiary/aromatic N) is 5. The van der Waals surface area contributed by atoms with E-state index in [1.807, 2.05) is 60.7 Å². The minimum atomic E-state index is -1.25. The number of carbonyl (C=O) groups is 1. The number of carboxylic acid groups (broad SMARTS) is 1. The summed E-state index contributed by atoms with van der Waals surface area (Å²) in [6.45, 7) is 1.08. The standard InChI is InChI=1S/C41H55N5O6/c47-37(39-42-21-23-44(39)29-51-27-33-17-9-3-10-18-33)35(25-31-13-5-1-6-14-31)46(41(49)50)36(26-32-15-7-2-8-16-32)38(48)40-43-22-24-45(40)30-52-28-34-19-11-4-12-20-34/h3-4,9-12,17-24,31-32,35-38,47-48H,1-2,5-8,13-16,25-30H2,(H,49,50)/t35-,36-,37?,38?/m0/s1. The first-order valence-corrected chi connectivity index (χ1v) is 19.1. The van der Waals surface area contributed by atoms with Crippen molar-refractivity contribution in [3.05, 3.63) is 108 Å². The van der Waals surface area contributed by atoms with Gasteiger partial charge < -0.3 is 33.9 Å². The number of hydrogen-bond acceptors (Lipinski definition) is 7. The van der Waals surface area contributed by atoms with Crippen LogP contribution in [0.4, 0.5) is 4.79 Å². The SMILES string of the molecule is O=C(O)N([C@@H](CC1CCCCC1)C(O)c1nccn1COCc1ccccc1)[C@@H](CC1CCCCC1)C(O)c1nccn1COCc1ccccc1. The van der Waals surface area contributed by atoms with Crippen LogP contribution < -0.4 is 0 Å². The number of hydrogen-bond donors (Lipinski definition) is 3. The first kappa shape index (κ1) is 37.7. The second-order valence-corrected chi connectivity index (χ2v) is 14.6. The van der Waals surface area contributed by atoms with Gasteiger partial charge in [-0.1, -0.05) is 125 Å². The molecular weight excluding hydrogens is 658 g/mol. The van der Waals surface area contributed by atoms with E-state index in [9.17, 15) is 20.1 Å². The maximum absolute atomic E-state index is 13.6. The summed E-state index contributed by atoms with van der Waals surface area (Å²) in [4.78, 5) is 24.1. The van der Waals surface area contributed by atoms with Crippen LogP contribution in [0.3, 0.4) is 0 Å². The largest absolute Gasteiger partial charge is 0.465 e. The summed E-state index contributed by atoms with van der Waals surface area (Å²) in [6.07, 6.45) is 14.6. The zero-order valence-electron chi connectivity index (χ0n) is 30.2. The normalized spacial score (nSPS) is 18.1. The summed E-state index contributed by atoms with van der Waals surface area (Å²) in [5.74, 6) is 1.19. The van der Waals surface area contributed by atoms with E-state index >= 15 is 0 Å². The number of rotatable bonds is 18. The Labute approximate surface area is 307 Å². The molecule has 0 spiro atoms. The minimum Gasteiger partial charge on any atom is -0.465 e. The van der Waals surface area contributed by atoms with Crippen molar-refractivity contribution in [3.63, 3.8) is 0 Å². The fourth-order valence-electron chi connectivity index (χ4n) is 8.26. The molecular formula is C41H55N5O6. The van der Waals surface area contributed by atoms with Crippen LogP contribution in [0, 0.1) is 11.8 Å². The smallest absolute Gasteiger partial charge is 0.408 e. The van der Waals surface area contributed by atoms with Gasteiger partial charge in [0, 0.05) is 24.8 Å². The van der Waals surface area contributed by atoms with Crippen molar-refractivity contribution < 1.29 is 29.6 Å². The Morgan fingerprint density at radius 1 is 0.673 bits per heavy atom. The van der Waals surface area contributed by atoms with Crippen molar-refractivity contribution in [3.8, 4) is 0 Å². The Morgan fingerprint density at radius 2 is 1.08 bits per heavy atom. The second-order valence-electron chi connectivity index (χ2n) is 14.6. The van der Waals surface area contributed by atoms with Crippen LogP contribution >= 0.6 is 0 Å². The third kappa shape index (κ3) is 10.1. The van der Waals surface area contributed by atoms with Gasteiger partial charge in [-0.25, -0.2) is 14.8 Å². The highest BCUT2D eigenvalue weighted by Gasteiger charge is 2.43. The molecule has 3 N–H and O–H groups in total. The molecule has 6 rings (SSSR count). The Morgan fingerprint density at radius 3 is 1.46 bits per heavy atom. The van der Waals surface area contributed by atoms with Crippen LogP contribution in [0.25, 0.3) is 0 Å². The third-order valence-electron chi connectivity index (χ3n) is 11.0. The van der Waals surface area contributed by atoms with E-state index in [1.165, 1.54) is 4.90 Å². The molecule has 52 heavy (non-hydrogen) atoms. The van der Waals surface area contributed by atoms with E-state index in [1.54, 1.807) is 33.9 Å². The lowest BCUT2D eigenvalue weighted by Gasteiger charge is -2.43. The van der Waals surface area contributed by atoms with Gasteiger partial charge in [-0.3, -0.25) is 4.90 Å². The van der Waals surface area contributed by atoms with Crippen LogP contribution in [-0.2, 0) is 36.1 Å². The van der Waals surface area contributed by atoms with E-state index < -0.39 is 30.4 Å². The average molecular weight is 714 g/mol. The molecule has 2 aliphatic carbocycles. The van der Waals surface area contributed by atoms with Crippen LogP contribution in [0.2, 0.25) is 0 Å². The van der Waals surface area contributed by atoms with Gasteiger partial charge in [0.05, 0.1) is 25.3 Å². The molecule has 0 radical (unpaired) electrons. The molecule has 0 bridgehead atoms. The number of imidazole rings is 2. The Kier molecular flexibility index (Phi) is 13.9. The quantitative estimate of drug-likeness (QED) is 0.0949. The summed E-state index contributed by atoms with van der Waals surface area (Å²) in [7, 11) is 0. The van der Waals surface area contributed by atoms with E-state index in [0.717, 1.165) is 75.3 Å². The molecule has 4 atom stereocenters. The van der Waals surface area contributed by atoms with Crippen molar-refractivity contribution in [2.75, 3.05) is 0 Å². The van der Waals surface area contributed by atoms with Gasteiger partial charge in [0.2, 0.25) is 0 Å². The van der Waals surface area contributed by atoms with Gasteiger partial charge in [-0.2, -0.15) is 0 Å². The molecule has 0 saturated heterocycles. The molecule has 0 aliphatic heterocycles. The summed E-state index contributed by atoms with van der Waals surface area (Å²) >= 11 is 0. The Balaban J connectivity index is 1.29. The highest BCUT2D eigenvalue weighted by atomic mass is 16.5. The summed E-state index contributed by atoms with van der Waals surface area (Å²) in [5.41, 5.74) is 2.06. The predicted molar refractivity (Wildman–Crippen MR) is 197 cm³/mol. The van der Waals surface area contributed by atoms with E-state index in [4.69, 9.17) is 9.47 Å². The van der Waals surface area contributed by atoms with Gasteiger partial charge >= 0.3 is 6.09 Å². The molecule has 2 unspecified atom stereocenters. The van der Waals surface area contributed by atoms with Gasteiger partial charge in [0.15, 0.2) is 0 Å². The fraction of sp³-hybridized carbons (Fsp3) is 0.537. The third-order valence-corrected chi connectivity index (χ3v) is 11.0. The van der Waals surface area contributed by atoms with Gasteiger partial charge in [-0.05, 0) is 35.8 Å². The highest BCUT2D eigenvalue weighted by molar-refractivity contribution is 5.66. The lowest BCUT2D eigenvalue weighted by atomic mass is 9.80. The van der Waals surface area contributed by atoms with E-state index in [-0.39, 0.29) is 25.3 Å². The number of aliphatic hydroxyl groups excluding tert-OH is 2. The molecule has 2 aliphatic rings. The van der Waals surface area contributed by atoms with Gasteiger partial charge in [-0.15, -0.1) is 0 Å². The maximum Gasteiger partial charge on any atom is 0.408 e. The monoisotopic (exact) mass is 713 g/mol. The molecule has 2 heterocycles. The topological polar surface area (TPSA) is 135 Å². The summed E-state index contributed by atoms with van der Waals surface area (Å²) in [6, 6.07) is 18.0. The Hall–Kier alpha value is -4.03. The average Bonchev–Trinajstić information content (AvgIpc) is 3.85. The first-order chi connectivity index (χ1) is 25.5. The minimum absolute atomic E-state index is 0.152.